The van der Waals surface area contributed by atoms with E-state index >= 15 is 0 Å². The zero-order chi connectivity index (χ0) is 15.5. The van der Waals surface area contributed by atoms with Crippen LogP contribution in [0.5, 0.6) is 0 Å². The largest absolute Gasteiger partial charge is 0.297 e. The molecule has 1 atom stereocenters. The number of likely N-dealkylation sites (tertiary alicyclic amines) is 1. The van der Waals surface area contributed by atoms with Gasteiger partial charge in [0.15, 0.2) is 0 Å². The Morgan fingerprint density at radius 3 is 2.36 bits per heavy atom. The highest BCUT2D eigenvalue weighted by molar-refractivity contribution is 5.65. The van der Waals surface area contributed by atoms with Crippen molar-refractivity contribution in [3.63, 3.8) is 0 Å². The molecule has 0 saturated carbocycles. The van der Waals surface area contributed by atoms with Gasteiger partial charge in [-0.05, 0) is 57.8 Å². The molecule has 1 saturated heterocycles. The maximum Gasteiger partial charge on any atom is 0.0672 e. The molecule has 22 heavy (non-hydrogen) atoms. The van der Waals surface area contributed by atoms with E-state index in [-0.39, 0.29) is 0 Å². The zero-order valence-corrected chi connectivity index (χ0v) is 14.0. The Bertz CT molecular complexity index is 606. The Labute approximate surface area is 133 Å². The Morgan fingerprint density at radius 1 is 1.09 bits per heavy atom. The van der Waals surface area contributed by atoms with Gasteiger partial charge in [-0.25, -0.2) is 0 Å². The van der Waals surface area contributed by atoms with E-state index in [0.29, 0.717) is 6.04 Å². The van der Waals surface area contributed by atoms with Gasteiger partial charge in [0, 0.05) is 24.3 Å². The van der Waals surface area contributed by atoms with E-state index < -0.39 is 0 Å². The molecule has 1 aliphatic heterocycles. The average molecular weight is 297 g/mol. The normalized spacial score (nSPS) is 17.6. The lowest BCUT2D eigenvalue weighted by molar-refractivity contribution is 0.175. The molecule has 2 aromatic rings. The van der Waals surface area contributed by atoms with Crippen LogP contribution in [0.1, 0.15) is 50.4 Å². The van der Waals surface area contributed by atoms with Gasteiger partial charge in [-0.2, -0.15) is 5.10 Å². The fourth-order valence-corrected chi connectivity index (χ4v) is 3.42. The second kappa shape index (κ2) is 6.66. The van der Waals surface area contributed by atoms with Crippen molar-refractivity contribution in [1.29, 1.82) is 0 Å². The molecule has 1 aliphatic rings. The van der Waals surface area contributed by atoms with E-state index in [1.54, 1.807) is 0 Å². The fraction of sp³-hybridized carbons (Fsp3) is 0.526. The van der Waals surface area contributed by atoms with Gasteiger partial charge in [0.05, 0.1) is 5.69 Å². The molecule has 3 nitrogen and oxygen atoms in total. The Balaban J connectivity index is 1.78. The van der Waals surface area contributed by atoms with Crippen LogP contribution >= 0.6 is 0 Å². The molecule has 0 radical (unpaired) electrons. The number of hydrogen-bond acceptors (Lipinski definition) is 2. The van der Waals surface area contributed by atoms with Crippen LogP contribution in [0.25, 0.3) is 11.1 Å². The predicted octanol–water partition coefficient (Wildman–Crippen LogP) is 4.43. The third-order valence-corrected chi connectivity index (χ3v) is 4.91. The molecule has 3 heteroatoms. The Hall–Kier alpha value is -1.61. The fourth-order valence-electron chi connectivity index (χ4n) is 3.42. The molecule has 0 aliphatic carbocycles. The van der Waals surface area contributed by atoms with Crippen molar-refractivity contribution in [2.24, 2.45) is 0 Å². The summed E-state index contributed by atoms with van der Waals surface area (Å²) >= 11 is 0. The van der Waals surface area contributed by atoms with Crippen molar-refractivity contribution in [3.05, 3.63) is 41.7 Å². The van der Waals surface area contributed by atoms with Gasteiger partial charge in [0.25, 0.3) is 0 Å². The van der Waals surface area contributed by atoms with Gasteiger partial charge in [-0.3, -0.25) is 9.58 Å². The second-order valence-electron chi connectivity index (χ2n) is 6.38. The van der Waals surface area contributed by atoms with Crippen molar-refractivity contribution >= 4 is 0 Å². The molecule has 0 N–H and O–H groups in total. The highest BCUT2D eigenvalue weighted by atomic mass is 15.3. The summed E-state index contributed by atoms with van der Waals surface area (Å²) < 4.78 is 2.01. The Morgan fingerprint density at radius 2 is 1.77 bits per heavy atom. The van der Waals surface area contributed by atoms with Gasteiger partial charge in [-0.1, -0.05) is 30.7 Å². The number of benzene rings is 1. The van der Waals surface area contributed by atoms with E-state index in [2.05, 4.69) is 61.2 Å². The molecule has 3 rings (SSSR count). The third kappa shape index (κ3) is 3.09. The summed E-state index contributed by atoms with van der Waals surface area (Å²) in [6, 6.07) is 9.60. The first-order valence-electron chi connectivity index (χ1n) is 8.57. The molecule has 2 heterocycles. The monoisotopic (exact) mass is 297 g/mol. The van der Waals surface area contributed by atoms with Crippen molar-refractivity contribution in [1.82, 2.24) is 14.7 Å². The standard InChI is InChI=1S/C19H27N3/c1-4-22-14-19(15(2)20-22)18-10-8-17(9-11-18)16(3)21-12-6-5-7-13-21/h8-11,14,16H,4-7,12-13H2,1-3H3. The summed E-state index contributed by atoms with van der Waals surface area (Å²) in [6.45, 7) is 9.95. The van der Waals surface area contributed by atoms with Crippen LogP contribution in [0.15, 0.2) is 30.5 Å². The van der Waals surface area contributed by atoms with Crippen molar-refractivity contribution < 1.29 is 0 Å². The first kappa shape index (κ1) is 15.3. The van der Waals surface area contributed by atoms with E-state index in [1.165, 1.54) is 49.0 Å². The average Bonchev–Trinajstić information content (AvgIpc) is 2.96. The highest BCUT2D eigenvalue weighted by Crippen LogP contribution is 2.28. The molecule has 1 aromatic heterocycles. The zero-order valence-electron chi connectivity index (χ0n) is 14.0. The lowest BCUT2D eigenvalue weighted by atomic mass is 9.99. The van der Waals surface area contributed by atoms with Crippen LogP contribution in [-0.4, -0.2) is 27.8 Å². The maximum absolute atomic E-state index is 4.54. The van der Waals surface area contributed by atoms with Crippen LogP contribution in [0.3, 0.4) is 0 Å². The Kier molecular flexibility index (Phi) is 4.63. The quantitative estimate of drug-likeness (QED) is 0.832. The first-order valence-corrected chi connectivity index (χ1v) is 8.57. The van der Waals surface area contributed by atoms with Gasteiger partial charge in [0.1, 0.15) is 0 Å². The van der Waals surface area contributed by atoms with E-state index in [1.807, 2.05) is 4.68 Å². The van der Waals surface area contributed by atoms with Gasteiger partial charge >= 0.3 is 0 Å². The maximum atomic E-state index is 4.54. The summed E-state index contributed by atoms with van der Waals surface area (Å²) in [4.78, 5) is 2.61. The summed E-state index contributed by atoms with van der Waals surface area (Å²) in [7, 11) is 0. The van der Waals surface area contributed by atoms with Crippen LogP contribution < -0.4 is 0 Å². The van der Waals surface area contributed by atoms with E-state index in [0.717, 1.165) is 12.2 Å². The molecular weight excluding hydrogens is 270 g/mol. The summed E-state index contributed by atoms with van der Waals surface area (Å²) in [5.41, 5.74) is 5.05. The van der Waals surface area contributed by atoms with Gasteiger partial charge in [0.2, 0.25) is 0 Å². The summed E-state index contributed by atoms with van der Waals surface area (Å²) in [5, 5.41) is 4.54. The molecule has 1 fully saturated rings. The lowest BCUT2D eigenvalue weighted by Crippen LogP contribution is -2.32. The number of aromatic nitrogens is 2. The lowest BCUT2D eigenvalue weighted by Gasteiger charge is -2.32. The topological polar surface area (TPSA) is 21.1 Å². The molecule has 0 bridgehead atoms. The SMILES string of the molecule is CCn1cc(-c2ccc(C(C)N3CCCCC3)cc2)c(C)n1. The molecule has 0 amide bonds. The van der Waals surface area contributed by atoms with Crippen LogP contribution in [0.4, 0.5) is 0 Å². The minimum atomic E-state index is 0.522. The predicted molar refractivity (Wildman–Crippen MR) is 91.9 cm³/mol. The molecule has 1 unspecified atom stereocenters. The molecule has 0 spiro atoms. The van der Waals surface area contributed by atoms with Crippen molar-refractivity contribution in [2.45, 2.75) is 52.6 Å². The van der Waals surface area contributed by atoms with E-state index in [4.69, 9.17) is 0 Å². The van der Waals surface area contributed by atoms with E-state index in [9.17, 15) is 0 Å². The van der Waals surface area contributed by atoms with Crippen LogP contribution in [0, 0.1) is 6.92 Å². The minimum absolute atomic E-state index is 0.522. The third-order valence-electron chi connectivity index (χ3n) is 4.91. The summed E-state index contributed by atoms with van der Waals surface area (Å²) in [5.74, 6) is 0. The van der Waals surface area contributed by atoms with Crippen LogP contribution in [0.2, 0.25) is 0 Å². The number of aryl methyl sites for hydroxylation is 2. The number of nitrogens with zero attached hydrogens (tertiary/aromatic N) is 3. The smallest absolute Gasteiger partial charge is 0.0672 e. The molecule has 1 aromatic carbocycles. The summed E-state index contributed by atoms with van der Waals surface area (Å²) in [6.07, 6.45) is 6.23. The van der Waals surface area contributed by atoms with Crippen molar-refractivity contribution in [3.8, 4) is 11.1 Å². The number of rotatable bonds is 4. The number of hydrogen-bond donors (Lipinski definition) is 0. The van der Waals surface area contributed by atoms with Crippen LogP contribution in [-0.2, 0) is 6.54 Å². The van der Waals surface area contributed by atoms with Gasteiger partial charge in [-0.15, -0.1) is 0 Å². The minimum Gasteiger partial charge on any atom is -0.297 e. The molecule has 118 valence electrons. The first-order chi connectivity index (χ1) is 10.7. The highest BCUT2D eigenvalue weighted by Gasteiger charge is 2.18. The van der Waals surface area contributed by atoms with Crippen molar-refractivity contribution in [2.75, 3.05) is 13.1 Å². The second-order valence-corrected chi connectivity index (χ2v) is 6.38. The van der Waals surface area contributed by atoms with Gasteiger partial charge < -0.3 is 0 Å². The molecular formula is C19H27N3. The number of piperidine rings is 1.